The molecule has 1 fully saturated rings. The van der Waals surface area contributed by atoms with Crippen molar-refractivity contribution in [2.75, 3.05) is 13.2 Å². The lowest BCUT2D eigenvalue weighted by Gasteiger charge is -2.31. The summed E-state index contributed by atoms with van der Waals surface area (Å²) >= 11 is 0. The molecular weight excluding hydrogens is 274 g/mol. The molecule has 0 saturated carbocycles. The fourth-order valence-electron chi connectivity index (χ4n) is 1.94. The maximum Gasteiger partial charge on any atom is 0.528 e. The topological polar surface area (TPSA) is 68.2 Å². The number of ether oxygens (including phenoxy) is 2. The molecule has 21 heavy (non-hydrogen) atoms. The van der Waals surface area contributed by atoms with Crippen molar-refractivity contribution in [3.05, 3.63) is 12.2 Å². The van der Waals surface area contributed by atoms with Crippen LogP contribution in [0.1, 0.15) is 47.5 Å². The largest absolute Gasteiger partial charge is 0.528 e. The van der Waals surface area contributed by atoms with Gasteiger partial charge in [0.15, 0.2) is 0 Å². The summed E-state index contributed by atoms with van der Waals surface area (Å²) in [6, 6.07) is -0.161. The van der Waals surface area contributed by atoms with Crippen molar-refractivity contribution >= 4 is 6.16 Å². The van der Waals surface area contributed by atoms with Gasteiger partial charge in [0.2, 0.25) is 0 Å². The second-order valence-electron chi connectivity index (χ2n) is 6.50. The summed E-state index contributed by atoms with van der Waals surface area (Å²) in [5.41, 5.74) is -1.31. The summed E-state index contributed by atoms with van der Waals surface area (Å²) in [5, 5.41) is 10.3. The van der Waals surface area contributed by atoms with Crippen molar-refractivity contribution in [3.8, 4) is 0 Å². The van der Waals surface area contributed by atoms with Crippen LogP contribution in [0.15, 0.2) is 12.2 Å². The SMILES string of the molecule is CC(C)(C)OC(=O)ON1[C@H](C=CCCCO)COC1(C)C. The highest BCUT2D eigenvalue weighted by atomic mass is 16.8. The van der Waals surface area contributed by atoms with Crippen LogP contribution in [0.3, 0.4) is 0 Å². The van der Waals surface area contributed by atoms with Crippen molar-refractivity contribution < 1.29 is 24.2 Å². The molecule has 1 N–H and O–H groups in total. The highest BCUT2D eigenvalue weighted by Crippen LogP contribution is 2.29. The number of aliphatic hydroxyl groups excluding tert-OH is 1. The van der Waals surface area contributed by atoms with Crippen molar-refractivity contribution in [1.29, 1.82) is 0 Å². The van der Waals surface area contributed by atoms with E-state index in [0.717, 1.165) is 6.42 Å². The molecule has 0 amide bonds. The molecule has 1 rings (SSSR count). The van der Waals surface area contributed by atoms with E-state index in [-0.39, 0.29) is 12.6 Å². The van der Waals surface area contributed by atoms with Gasteiger partial charge in [-0.1, -0.05) is 17.2 Å². The minimum Gasteiger partial charge on any atom is -0.427 e. The Balaban J connectivity index is 2.64. The highest BCUT2D eigenvalue weighted by molar-refractivity contribution is 5.60. The van der Waals surface area contributed by atoms with Crippen LogP contribution < -0.4 is 0 Å². The number of carbonyl (C=O) groups is 1. The second kappa shape index (κ2) is 7.24. The molecule has 0 aliphatic carbocycles. The molecule has 1 aliphatic rings. The van der Waals surface area contributed by atoms with Gasteiger partial charge in [0.25, 0.3) is 0 Å². The van der Waals surface area contributed by atoms with E-state index in [2.05, 4.69) is 0 Å². The fourth-order valence-corrected chi connectivity index (χ4v) is 1.94. The minimum absolute atomic E-state index is 0.161. The molecule has 0 bridgehead atoms. The Kier molecular flexibility index (Phi) is 6.19. The zero-order chi connectivity index (χ0) is 16.1. The molecule has 0 radical (unpaired) electrons. The zero-order valence-electron chi connectivity index (χ0n) is 13.6. The third kappa shape index (κ3) is 6.03. The van der Waals surface area contributed by atoms with Crippen molar-refractivity contribution in [3.63, 3.8) is 0 Å². The number of unbranched alkanes of at least 4 members (excludes halogenated alkanes) is 1. The predicted octanol–water partition coefficient (Wildman–Crippen LogP) is 2.62. The van der Waals surface area contributed by atoms with Gasteiger partial charge >= 0.3 is 6.16 Å². The molecule has 1 atom stereocenters. The number of nitrogens with zero attached hydrogens (tertiary/aromatic N) is 1. The van der Waals surface area contributed by atoms with E-state index in [0.29, 0.717) is 13.0 Å². The molecule has 0 spiro atoms. The van der Waals surface area contributed by atoms with Gasteiger partial charge in [0.1, 0.15) is 11.3 Å². The molecule has 1 heterocycles. The van der Waals surface area contributed by atoms with Crippen LogP contribution >= 0.6 is 0 Å². The van der Waals surface area contributed by atoms with Crippen molar-refractivity contribution in [2.45, 2.75) is 64.8 Å². The van der Waals surface area contributed by atoms with Crippen LogP contribution in [0.5, 0.6) is 0 Å². The molecule has 0 aromatic rings. The second-order valence-corrected chi connectivity index (χ2v) is 6.50. The van der Waals surface area contributed by atoms with Gasteiger partial charge in [0, 0.05) is 6.61 Å². The van der Waals surface area contributed by atoms with Crippen LogP contribution in [0, 0.1) is 0 Å². The maximum atomic E-state index is 11.8. The first-order chi connectivity index (χ1) is 9.65. The molecular formula is C15H27NO5. The number of aliphatic hydroxyl groups is 1. The molecule has 1 saturated heterocycles. The van der Waals surface area contributed by atoms with E-state index in [1.165, 1.54) is 5.06 Å². The van der Waals surface area contributed by atoms with Crippen LogP contribution in [-0.2, 0) is 14.3 Å². The van der Waals surface area contributed by atoms with E-state index in [9.17, 15) is 4.79 Å². The molecule has 122 valence electrons. The highest BCUT2D eigenvalue weighted by Gasteiger charge is 2.43. The lowest BCUT2D eigenvalue weighted by atomic mass is 10.2. The van der Waals surface area contributed by atoms with Gasteiger partial charge in [-0.2, -0.15) is 0 Å². The number of hydroxylamine groups is 2. The third-order valence-corrected chi connectivity index (χ3v) is 2.89. The summed E-state index contributed by atoms with van der Waals surface area (Å²) < 4.78 is 10.8. The van der Waals surface area contributed by atoms with Crippen LogP contribution in [0.2, 0.25) is 0 Å². The summed E-state index contributed by atoms with van der Waals surface area (Å²) in [4.78, 5) is 17.1. The predicted molar refractivity (Wildman–Crippen MR) is 78.4 cm³/mol. The first-order valence-electron chi connectivity index (χ1n) is 7.27. The van der Waals surface area contributed by atoms with Gasteiger partial charge in [-0.15, -0.1) is 0 Å². The fraction of sp³-hybridized carbons (Fsp3) is 0.800. The Bertz CT molecular complexity index is 373. The number of hydrogen-bond donors (Lipinski definition) is 1. The monoisotopic (exact) mass is 301 g/mol. The Morgan fingerprint density at radius 1 is 1.48 bits per heavy atom. The van der Waals surface area contributed by atoms with Gasteiger partial charge in [-0.3, -0.25) is 0 Å². The quantitative estimate of drug-likeness (QED) is 0.478. The Labute approximate surface area is 126 Å². The third-order valence-electron chi connectivity index (χ3n) is 2.89. The number of carbonyl (C=O) groups excluding carboxylic acids is 1. The van der Waals surface area contributed by atoms with E-state index >= 15 is 0 Å². The average Bonchev–Trinajstić information content (AvgIpc) is 2.59. The van der Waals surface area contributed by atoms with E-state index in [4.69, 9.17) is 19.4 Å². The zero-order valence-corrected chi connectivity index (χ0v) is 13.6. The Morgan fingerprint density at radius 3 is 2.71 bits per heavy atom. The number of rotatable bonds is 5. The molecule has 6 heteroatoms. The Morgan fingerprint density at radius 2 is 2.14 bits per heavy atom. The van der Waals surface area contributed by atoms with Crippen molar-refractivity contribution in [2.24, 2.45) is 0 Å². The minimum atomic E-state index is -0.741. The summed E-state index contributed by atoms with van der Waals surface area (Å²) in [5.74, 6) is 0. The number of allylic oxidation sites excluding steroid dienone is 1. The van der Waals surface area contributed by atoms with Gasteiger partial charge in [-0.25, -0.2) is 4.79 Å². The van der Waals surface area contributed by atoms with Crippen LogP contribution in [-0.4, -0.2) is 46.9 Å². The van der Waals surface area contributed by atoms with Gasteiger partial charge < -0.3 is 19.4 Å². The lowest BCUT2D eigenvalue weighted by Crippen LogP contribution is -2.45. The van der Waals surface area contributed by atoms with Crippen LogP contribution in [0.4, 0.5) is 4.79 Å². The first-order valence-corrected chi connectivity index (χ1v) is 7.27. The summed E-state index contributed by atoms with van der Waals surface area (Å²) in [6.45, 7) is 9.61. The summed E-state index contributed by atoms with van der Waals surface area (Å²) in [7, 11) is 0. The smallest absolute Gasteiger partial charge is 0.427 e. The maximum absolute atomic E-state index is 11.8. The molecule has 0 aromatic heterocycles. The van der Waals surface area contributed by atoms with Gasteiger partial charge in [0.05, 0.1) is 12.6 Å². The Hall–Kier alpha value is -1.11. The molecule has 0 aromatic carbocycles. The molecule has 0 unspecified atom stereocenters. The lowest BCUT2D eigenvalue weighted by molar-refractivity contribution is -0.230. The van der Waals surface area contributed by atoms with Crippen molar-refractivity contribution in [1.82, 2.24) is 5.06 Å². The van der Waals surface area contributed by atoms with E-state index in [1.807, 2.05) is 26.0 Å². The first kappa shape index (κ1) is 17.9. The van der Waals surface area contributed by atoms with Crippen LogP contribution in [0.25, 0.3) is 0 Å². The molecule has 1 aliphatic heterocycles. The summed E-state index contributed by atoms with van der Waals surface area (Å²) in [6.07, 6.45) is 4.62. The normalized spacial score (nSPS) is 22.7. The van der Waals surface area contributed by atoms with Gasteiger partial charge in [-0.05, 0) is 47.5 Å². The number of hydrogen-bond acceptors (Lipinski definition) is 6. The van der Waals surface area contributed by atoms with E-state index in [1.54, 1.807) is 20.8 Å². The average molecular weight is 301 g/mol. The molecule has 6 nitrogen and oxygen atoms in total. The van der Waals surface area contributed by atoms with E-state index < -0.39 is 17.5 Å². The standard InChI is InChI=1S/C15H27NO5/c1-14(2,3)20-13(18)21-16-12(9-7-6-8-10-17)11-19-15(16,4)5/h7,9,12,17H,6,8,10-11H2,1-5H3/t12-/m1/s1.